The second-order valence-electron chi connectivity index (χ2n) is 6.41. The number of nitrogens with zero attached hydrogens (tertiary/aromatic N) is 2. The van der Waals surface area contributed by atoms with E-state index >= 15 is 0 Å². The van der Waals surface area contributed by atoms with Gasteiger partial charge in [-0.3, -0.25) is 4.79 Å². The molecule has 0 unspecified atom stereocenters. The van der Waals surface area contributed by atoms with Gasteiger partial charge in [-0.25, -0.2) is 14.5 Å². The number of nitrogens with one attached hydrogen (secondary N) is 2. The summed E-state index contributed by atoms with van der Waals surface area (Å²) in [6, 6.07) is 3.11. The molecule has 1 fully saturated rings. The highest BCUT2D eigenvalue weighted by molar-refractivity contribution is 7.90. The molecular formula is C14H20N4O5S. The molecule has 0 radical (unpaired) electrons. The Balaban J connectivity index is 2.22. The van der Waals surface area contributed by atoms with Gasteiger partial charge in [-0.2, -0.15) is 12.7 Å². The maximum absolute atomic E-state index is 12.2. The van der Waals surface area contributed by atoms with Crippen LogP contribution < -0.4 is 10.0 Å². The lowest BCUT2D eigenvalue weighted by Gasteiger charge is -2.18. The second kappa shape index (κ2) is 6.27. The first-order valence-corrected chi connectivity index (χ1v) is 8.70. The van der Waals surface area contributed by atoms with Crippen LogP contribution in [-0.2, 0) is 19.7 Å². The van der Waals surface area contributed by atoms with Crippen LogP contribution >= 0.6 is 0 Å². The molecule has 2 amide bonds. The summed E-state index contributed by atoms with van der Waals surface area (Å²) < 4.78 is 31.8. The van der Waals surface area contributed by atoms with Crippen LogP contribution in [0.4, 0.5) is 16.4 Å². The minimum atomic E-state index is -4.12. The Kier molecular flexibility index (Phi) is 4.70. The van der Waals surface area contributed by atoms with E-state index in [1.807, 2.05) is 0 Å². The maximum atomic E-state index is 12.2. The van der Waals surface area contributed by atoms with Crippen molar-refractivity contribution in [2.24, 2.45) is 5.41 Å². The Morgan fingerprint density at radius 1 is 1.29 bits per heavy atom. The van der Waals surface area contributed by atoms with Crippen LogP contribution in [-0.4, -0.2) is 42.9 Å². The Bertz CT molecular complexity index is 770. The fourth-order valence-corrected chi connectivity index (χ4v) is 2.92. The second-order valence-corrected chi connectivity index (χ2v) is 8.01. The number of ether oxygens (including phenoxy) is 1. The molecule has 0 aromatic carbocycles. The van der Waals surface area contributed by atoms with Gasteiger partial charge >= 0.3 is 16.3 Å². The first-order valence-electron chi connectivity index (χ1n) is 7.26. The summed E-state index contributed by atoms with van der Waals surface area (Å²) in [4.78, 5) is 27.5. The predicted octanol–water partition coefficient (Wildman–Crippen LogP) is 1.48. The van der Waals surface area contributed by atoms with Gasteiger partial charge in [-0.1, -0.05) is 20.8 Å². The van der Waals surface area contributed by atoms with E-state index in [1.54, 1.807) is 33.8 Å². The van der Waals surface area contributed by atoms with Gasteiger partial charge in [0.25, 0.3) is 0 Å². The molecule has 1 aliphatic rings. The fourth-order valence-electron chi connectivity index (χ4n) is 1.87. The number of pyridine rings is 1. The molecule has 10 heteroatoms. The number of aryl methyl sites for hydroxylation is 1. The SMILES string of the molecule is Cc1cc(NC(=O)C(C)(C)C)nc(NS(=O)(=O)N2CCOC2=O)c1. The number of aromatic nitrogens is 1. The third-order valence-corrected chi connectivity index (χ3v) is 4.52. The Morgan fingerprint density at radius 3 is 2.46 bits per heavy atom. The Hall–Kier alpha value is -2.36. The van der Waals surface area contributed by atoms with E-state index in [0.717, 1.165) is 0 Å². The number of anilines is 2. The molecule has 0 bridgehead atoms. The van der Waals surface area contributed by atoms with Crippen molar-refractivity contribution in [3.8, 4) is 0 Å². The van der Waals surface area contributed by atoms with Gasteiger partial charge in [0.1, 0.15) is 18.2 Å². The largest absolute Gasteiger partial charge is 0.447 e. The van der Waals surface area contributed by atoms with E-state index in [4.69, 9.17) is 0 Å². The lowest BCUT2D eigenvalue weighted by atomic mass is 9.96. The predicted molar refractivity (Wildman–Crippen MR) is 87.7 cm³/mol. The summed E-state index contributed by atoms with van der Waals surface area (Å²) >= 11 is 0. The van der Waals surface area contributed by atoms with E-state index in [-0.39, 0.29) is 30.7 Å². The zero-order valence-electron chi connectivity index (χ0n) is 13.9. The van der Waals surface area contributed by atoms with E-state index < -0.39 is 21.7 Å². The van der Waals surface area contributed by atoms with Crippen molar-refractivity contribution < 1.29 is 22.7 Å². The zero-order chi connectivity index (χ0) is 18.1. The molecule has 1 aromatic rings. The fraction of sp³-hybridized carbons (Fsp3) is 0.500. The molecule has 132 valence electrons. The molecule has 1 aliphatic heterocycles. The summed E-state index contributed by atoms with van der Waals surface area (Å²) in [7, 11) is -4.12. The molecular weight excluding hydrogens is 336 g/mol. The average Bonchev–Trinajstić information content (AvgIpc) is 2.83. The van der Waals surface area contributed by atoms with Gasteiger partial charge in [-0.05, 0) is 24.6 Å². The molecule has 24 heavy (non-hydrogen) atoms. The number of amides is 2. The molecule has 0 aliphatic carbocycles. The van der Waals surface area contributed by atoms with Gasteiger partial charge in [0.2, 0.25) is 5.91 Å². The third kappa shape index (κ3) is 4.13. The molecule has 0 spiro atoms. The normalized spacial score (nSPS) is 15.2. The van der Waals surface area contributed by atoms with E-state index in [9.17, 15) is 18.0 Å². The van der Waals surface area contributed by atoms with Crippen molar-refractivity contribution in [2.45, 2.75) is 27.7 Å². The smallest absolute Gasteiger partial charge is 0.425 e. The lowest BCUT2D eigenvalue weighted by molar-refractivity contribution is -0.123. The van der Waals surface area contributed by atoms with Gasteiger partial charge in [0, 0.05) is 5.41 Å². The van der Waals surface area contributed by atoms with Crippen molar-refractivity contribution in [3.05, 3.63) is 17.7 Å². The van der Waals surface area contributed by atoms with Crippen molar-refractivity contribution in [1.82, 2.24) is 9.29 Å². The number of cyclic esters (lactones) is 1. The maximum Gasteiger partial charge on any atom is 0.425 e. The van der Waals surface area contributed by atoms with Crippen LogP contribution in [0.15, 0.2) is 12.1 Å². The number of carbonyl (C=O) groups is 2. The van der Waals surface area contributed by atoms with Crippen molar-refractivity contribution >= 4 is 33.8 Å². The highest BCUT2D eigenvalue weighted by Crippen LogP contribution is 2.20. The van der Waals surface area contributed by atoms with Crippen molar-refractivity contribution in [2.75, 3.05) is 23.2 Å². The van der Waals surface area contributed by atoms with Crippen LogP contribution in [0.1, 0.15) is 26.3 Å². The van der Waals surface area contributed by atoms with Crippen molar-refractivity contribution in [1.29, 1.82) is 0 Å². The number of hydrogen-bond donors (Lipinski definition) is 2. The molecule has 2 N–H and O–H groups in total. The lowest BCUT2D eigenvalue weighted by Crippen LogP contribution is -2.36. The number of hydrogen-bond acceptors (Lipinski definition) is 6. The highest BCUT2D eigenvalue weighted by Gasteiger charge is 2.34. The molecule has 1 saturated heterocycles. The van der Waals surface area contributed by atoms with Crippen LogP contribution in [0.5, 0.6) is 0 Å². The molecule has 2 heterocycles. The number of rotatable bonds is 4. The summed E-state index contributed by atoms with van der Waals surface area (Å²) in [5, 5.41) is 2.64. The van der Waals surface area contributed by atoms with E-state index in [1.165, 1.54) is 6.07 Å². The van der Waals surface area contributed by atoms with Crippen LogP contribution in [0.25, 0.3) is 0 Å². The van der Waals surface area contributed by atoms with Gasteiger partial charge < -0.3 is 10.1 Å². The topological polar surface area (TPSA) is 118 Å². The zero-order valence-corrected chi connectivity index (χ0v) is 14.7. The quantitative estimate of drug-likeness (QED) is 0.844. The average molecular weight is 356 g/mol. The van der Waals surface area contributed by atoms with Crippen LogP contribution in [0.2, 0.25) is 0 Å². The molecule has 9 nitrogen and oxygen atoms in total. The first kappa shape index (κ1) is 18.0. The van der Waals surface area contributed by atoms with Crippen molar-refractivity contribution in [3.63, 3.8) is 0 Å². The third-order valence-electron chi connectivity index (χ3n) is 3.14. The van der Waals surface area contributed by atoms with Gasteiger partial charge in [-0.15, -0.1) is 0 Å². The van der Waals surface area contributed by atoms with Gasteiger partial charge in [0.15, 0.2) is 0 Å². The van der Waals surface area contributed by atoms with Crippen LogP contribution in [0, 0.1) is 12.3 Å². The Labute approximate surface area is 140 Å². The molecule has 0 saturated carbocycles. The minimum absolute atomic E-state index is 0.00101. The van der Waals surface area contributed by atoms with Gasteiger partial charge in [0.05, 0.1) is 6.54 Å². The monoisotopic (exact) mass is 356 g/mol. The van der Waals surface area contributed by atoms with Crippen LogP contribution in [0.3, 0.4) is 0 Å². The Morgan fingerprint density at radius 2 is 1.92 bits per heavy atom. The molecule has 1 aromatic heterocycles. The van der Waals surface area contributed by atoms with E-state index in [0.29, 0.717) is 9.87 Å². The first-order chi connectivity index (χ1) is 11.0. The highest BCUT2D eigenvalue weighted by atomic mass is 32.2. The molecule has 0 atom stereocenters. The summed E-state index contributed by atoms with van der Waals surface area (Å²) in [5.74, 6) is -0.0342. The molecule has 2 rings (SSSR count). The standard InChI is InChI=1S/C14H20N4O5S/c1-9-7-10(16-12(19)14(2,3)4)15-11(8-9)17-24(21,22)18-5-6-23-13(18)20/h7-8H,5-6H2,1-4H3,(H2,15,16,17,19). The summed E-state index contributed by atoms with van der Waals surface area (Å²) in [5.41, 5.74) is 0.0700. The summed E-state index contributed by atoms with van der Waals surface area (Å²) in [6.07, 6.45) is -0.934. The summed E-state index contributed by atoms with van der Waals surface area (Å²) in [6.45, 7) is 6.93. The van der Waals surface area contributed by atoms with E-state index in [2.05, 4.69) is 19.8 Å². The minimum Gasteiger partial charge on any atom is -0.447 e. The number of carbonyl (C=O) groups excluding carboxylic acids is 2.